The predicted molar refractivity (Wildman–Crippen MR) is 92.9 cm³/mol. The Bertz CT molecular complexity index is 612. The van der Waals surface area contributed by atoms with Gasteiger partial charge in [-0.15, -0.1) is 0 Å². The van der Waals surface area contributed by atoms with Crippen molar-refractivity contribution in [3.63, 3.8) is 0 Å². The van der Waals surface area contributed by atoms with Gasteiger partial charge < -0.3 is 10.6 Å². The molecule has 0 heterocycles. The molecule has 2 N–H and O–H groups in total. The molecule has 0 saturated carbocycles. The van der Waals surface area contributed by atoms with Gasteiger partial charge in [0, 0.05) is 11.7 Å². The first-order valence-electron chi connectivity index (χ1n) is 7.59. The third kappa shape index (κ3) is 4.35. The average Bonchev–Trinajstić information content (AvgIpc) is 2.48. The summed E-state index contributed by atoms with van der Waals surface area (Å²) in [4.78, 5) is 12.0. The van der Waals surface area contributed by atoms with Crippen molar-refractivity contribution in [2.24, 2.45) is 5.41 Å². The van der Waals surface area contributed by atoms with Crippen LogP contribution >= 0.6 is 0 Å². The van der Waals surface area contributed by atoms with Gasteiger partial charge in [0.1, 0.15) is 0 Å². The number of anilines is 1. The highest BCUT2D eigenvalue weighted by Crippen LogP contribution is 2.21. The highest BCUT2D eigenvalue weighted by molar-refractivity contribution is 5.89. The number of hydrogen-bond donors (Lipinski definition) is 2. The van der Waals surface area contributed by atoms with Crippen LogP contribution in [0.15, 0.2) is 54.6 Å². The molecule has 0 bridgehead atoms. The lowest BCUT2D eigenvalue weighted by atomic mass is 9.88. The van der Waals surface area contributed by atoms with E-state index in [1.165, 1.54) is 5.56 Å². The summed E-state index contributed by atoms with van der Waals surface area (Å²) in [6.07, 6.45) is 0. The largest absolute Gasteiger partial charge is 0.335 e. The molecule has 0 aliphatic rings. The van der Waals surface area contributed by atoms with E-state index >= 15 is 0 Å². The zero-order valence-electron chi connectivity index (χ0n) is 13.7. The Morgan fingerprint density at radius 3 is 2.00 bits per heavy atom. The number of hydrogen-bond acceptors (Lipinski definition) is 1. The molecule has 2 aromatic rings. The second-order valence-corrected chi connectivity index (χ2v) is 6.63. The van der Waals surface area contributed by atoms with Gasteiger partial charge in [-0.1, -0.05) is 63.2 Å². The van der Waals surface area contributed by atoms with Gasteiger partial charge in [0.05, 0.1) is 0 Å². The number of amides is 2. The molecule has 0 fully saturated rings. The molecule has 3 heteroatoms. The van der Waals surface area contributed by atoms with Crippen molar-refractivity contribution in [2.45, 2.75) is 33.7 Å². The van der Waals surface area contributed by atoms with E-state index in [1.807, 2.05) is 49.4 Å². The number of nitrogens with one attached hydrogen (secondary N) is 2. The first-order chi connectivity index (χ1) is 10.4. The molecule has 1 unspecified atom stereocenters. The van der Waals surface area contributed by atoms with E-state index in [1.54, 1.807) is 0 Å². The van der Waals surface area contributed by atoms with Crippen molar-refractivity contribution in [1.82, 2.24) is 5.32 Å². The Morgan fingerprint density at radius 1 is 0.909 bits per heavy atom. The number of rotatable bonds is 3. The molecular weight excluding hydrogens is 272 g/mol. The van der Waals surface area contributed by atoms with Gasteiger partial charge in [-0.3, -0.25) is 0 Å². The van der Waals surface area contributed by atoms with Gasteiger partial charge in [0.2, 0.25) is 0 Å². The van der Waals surface area contributed by atoms with Crippen LogP contribution in [0.4, 0.5) is 10.5 Å². The van der Waals surface area contributed by atoms with Crippen LogP contribution in [-0.4, -0.2) is 12.1 Å². The zero-order valence-corrected chi connectivity index (χ0v) is 13.7. The summed E-state index contributed by atoms with van der Waals surface area (Å²) in [5, 5.41) is 5.84. The maximum Gasteiger partial charge on any atom is 0.319 e. The summed E-state index contributed by atoms with van der Waals surface area (Å²) in [5.41, 5.74) is 3.13. The van der Waals surface area contributed by atoms with Crippen molar-refractivity contribution in [2.75, 3.05) is 5.32 Å². The topological polar surface area (TPSA) is 41.1 Å². The molecule has 1 atom stereocenters. The van der Waals surface area contributed by atoms with Gasteiger partial charge in [-0.25, -0.2) is 4.79 Å². The summed E-state index contributed by atoms with van der Waals surface area (Å²) in [6, 6.07) is 18.0. The first kappa shape index (κ1) is 16.1. The molecule has 0 spiro atoms. The number of urea groups is 1. The van der Waals surface area contributed by atoms with E-state index in [-0.39, 0.29) is 17.5 Å². The number of carbonyl (C=O) groups is 1. The summed E-state index contributed by atoms with van der Waals surface area (Å²) < 4.78 is 0. The van der Waals surface area contributed by atoms with Crippen molar-refractivity contribution >= 4 is 11.7 Å². The molecule has 2 amide bonds. The average molecular weight is 296 g/mol. The van der Waals surface area contributed by atoms with Crippen molar-refractivity contribution < 1.29 is 4.79 Å². The Kier molecular flexibility index (Phi) is 4.86. The molecule has 0 aliphatic heterocycles. The molecule has 0 aliphatic carbocycles. The second kappa shape index (κ2) is 6.65. The minimum Gasteiger partial charge on any atom is -0.335 e. The smallest absolute Gasteiger partial charge is 0.319 e. The fraction of sp³-hybridized carbons (Fsp3) is 0.316. The normalized spacial score (nSPS) is 12.5. The highest BCUT2D eigenvalue weighted by Gasteiger charge is 2.21. The van der Waals surface area contributed by atoms with Crippen molar-refractivity contribution in [3.05, 3.63) is 54.6 Å². The van der Waals surface area contributed by atoms with E-state index < -0.39 is 0 Å². The molecule has 0 saturated heterocycles. The maximum absolute atomic E-state index is 12.0. The van der Waals surface area contributed by atoms with Gasteiger partial charge in [-0.2, -0.15) is 0 Å². The van der Waals surface area contributed by atoms with Gasteiger partial charge in [0.25, 0.3) is 0 Å². The van der Waals surface area contributed by atoms with Crippen LogP contribution in [0.2, 0.25) is 0 Å². The fourth-order valence-electron chi connectivity index (χ4n) is 1.96. The lowest BCUT2D eigenvalue weighted by molar-refractivity contribution is 0.233. The molecule has 0 aromatic heterocycles. The molecule has 116 valence electrons. The van der Waals surface area contributed by atoms with E-state index in [0.717, 1.165) is 11.3 Å². The zero-order chi connectivity index (χ0) is 16.2. The molecule has 0 radical (unpaired) electrons. The Labute approximate surface area is 132 Å². The summed E-state index contributed by atoms with van der Waals surface area (Å²) in [7, 11) is 0. The van der Waals surface area contributed by atoms with Crippen LogP contribution in [0.3, 0.4) is 0 Å². The monoisotopic (exact) mass is 296 g/mol. The van der Waals surface area contributed by atoms with E-state index in [0.29, 0.717) is 0 Å². The first-order valence-corrected chi connectivity index (χ1v) is 7.59. The maximum atomic E-state index is 12.0. The van der Waals surface area contributed by atoms with Crippen molar-refractivity contribution in [1.29, 1.82) is 0 Å². The van der Waals surface area contributed by atoms with E-state index in [9.17, 15) is 4.79 Å². The molecular formula is C19H24N2O. The minimum absolute atomic E-state index is 0.0362. The lowest BCUT2D eigenvalue weighted by Crippen LogP contribution is -2.43. The van der Waals surface area contributed by atoms with Crippen LogP contribution in [0.25, 0.3) is 11.1 Å². The Balaban J connectivity index is 1.98. The van der Waals surface area contributed by atoms with E-state index in [4.69, 9.17) is 0 Å². The SMILES string of the molecule is CC(NC(=O)Nc1ccc(-c2ccccc2)cc1)C(C)(C)C. The highest BCUT2D eigenvalue weighted by atomic mass is 16.2. The van der Waals surface area contributed by atoms with E-state index in [2.05, 4.69) is 43.5 Å². The van der Waals surface area contributed by atoms with Crippen molar-refractivity contribution in [3.8, 4) is 11.1 Å². The third-order valence-corrected chi connectivity index (χ3v) is 3.90. The van der Waals surface area contributed by atoms with Gasteiger partial charge in [-0.05, 0) is 35.6 Å². The fourth-order valence-corrected chi connectivity index (χ4v) is 1.96. The minimum atomic E-state index is -0.171. The molecule has 2 aromatic carbocycles. The Hall–Kier alpha value is -2.29. The van der Waals surface area contributed by atoms with Crippen LogP contribution < -0.4 is 10.6 Å². The molecule has 22 heavy (non-hydrogen) atoms. The molecule has 2 rings (SSSR count). The van der Waals surface area contributed by atoms with Crippen LogP contribution in [0.1, 0.15) is 27.7 Å². The predicted octanol–water partition coefficient (Wildman–Crippen LogP) is 4.91. The summed E-state index contributed by atoms with van der Waals surface area (Å²) in [5.74, 6) is 0. The number of benzene rings is 2. The standard InChI is InChI=1S/C19H24N2O/c1-14(19(2,3)4)20-18(22)21-17-12-10-16(11-13-17)15-8-6-5-7-9-15/h5-14H,1-4H3,(H2,20,21,22). The van der Waals surface area contributed by atoms with Gasteiger partial charge in [0.15, 0.2) is 0 Å². The Morgan fingerprint density at radius 2 is 1.45 bits per heavy atom. The quantitative estimate of drug-likeness (QED) is 0.830. The summed E-state index contributed by atoms with van der Waals surface area (Å²) >= 11 is 0. The van der Waals surface area contributed by atoms with Crippen LogP contribution in [-0.2, 0) is 0 Å². The number of carbonyl (C=O) groups excluding carboxylic acids is 1. The third-order valence-electron chi connectivity index (χ3n) is 3.90. The lowest BCUT2D eigenvalue weighted by Gasteiger charge is -2.28. The van der Waals surface area contributed by atoms with Gasteiger partial charge >= 0.3 is 6.03 Å². The van der Waals surface area contributed by atoms with Crippen LogP contribution in [0.5, 0.6) is 0 Å². The molecule has 3 nitrogen and oxygen atoms in total. The second-order valence-electron chi connectivity index (χ2n) is 6.63. The summed E-state index contributed by atoms with van der Waals surface area (Å²) in [6.45, 7) is 8.32. The van der Waals surface area contributed by atoms with Crippen LogP contribution in [0, 0.1) is 5.41 Å².